The number of esters is 1. The van der Waals surface area contributed by atoms with E-state index < -0.39 is 16.9 Å². The van der Waals surface area contributed by atoms with Gasteiger partial charge in [-0.25, -0.2) is 9.79 Å². The summed E-state index contributed by atoms with van der Waals surface area (Å²) in [5, 5.41) is 12.8. The maximum atomic E-state index is 14.3. The number of nitrogens with zero attached hydrogens (tertiary/aromatic N) is 3. The Morgan fingerprint density at radius 1 is 1.02 bits per heavy atom. The van der Waals surface area contributed by atoms with E-state index in [-0.39, 0.29) is 30.0 Å². The number of carbonyl (C=O) groups excluding carboxylic acids is 1. The number of nitro groups is 1. The van der Waals surface area contributed by atoms with E-state index in [0.717, 1.165) is 16.3 Å². The molecule has 0 bridgehead atoms. The molecule has 0 unspecified atom stereocenters. The van der Waals surface area contributed by atoms with Gasteiger partial charge in [-0.1, -0.05) is 59.9 Å². The monoisotopic (exact) mass is 635 g/mol. The minimum atomic E-state index is -0.855. The van der Waals surface area contributed by atoms with Gasteiger partial charge in [0.1, 0.15) is 24.1 Å². The molecule has 2 heterocycles. The Morgan fingerprint density at radius 2 is 1.76 bits per heavy atom. The zero-order valence-corrected chi connectivity index (χ0v) is 26.1. The van der Waals surface area contributed by atoms with Crippen molar-refractivity contribution in [3.8, 4) is 11.5 Å². The van der Waals surface area contributed by atoms with E-state index in [1.165, 1.54) is 23.5 Å². The molecule has 11 heteroatoms. The van der Waals surface area contributed by atoms with Crippen molar-refractivity contribution in [2.75, 3.05) is 13.7 Å². The fourth-order valence-corrected chi connectivity index (χ4v) is 6.59. The number of aromatic nitrogens is 1. The summed E-state index contributed by atoms with van der Waals surface area (Å²) in [7, 11) is 1.56. The van der Waals surface area contributed by atoms with Crippen LogP contribution in [-0.4, -0.2) is 29.2 Å². The Morgan fingerprint density at radius 3 is 2.50 bits per heavy atom. The van der Waals surface area contributed by atoms with E-state index in [2.05, 4.69) is 0 Å². The first kappa shape index (κ1) is 30.5. The fraction of sp³-hybridized carbons (Fsp3) is 0.171. The summed E-state index contributed by atoms with van der Waals surface area (Å²) in [6.07, 6.45) is 1.75. The number of fused-ring (bicyclic) bond motifs is 2. The summed E-state index contributed by atoms with van der Waals surface area (Å²) < 4.78 is 19.3. The number of hydrogen-bond donors (Lipinski definition) is 0. The number of nitro benzene ring substituents is 1. The molecule has 1 aromatic heterocycles. The second kappa shape index (κ2) is 12.8. The van der Waals surface area contributed by atoms with Crippen molar-refractivity contribution in [1.29, 1.82) is 0 Å². The smallest absolute Gasteiger partial charge is 0.338 e. The van der Waals surface area contributed by atoms with Crippen molar-refractivity contribution in [2.45, 2.75) is 26.5 Å². The van der Waals surface area contributed by atoms with Gasteiger partial charge < -0.3 is 14.2 Å². The Kier molecular flexibility index (Phi) is 8.49. The first-order chi connectivity index (χ1) is 22.3. The van der Waals surface area contributed by atoms with Crippen molar-refractivity contribution >= 4 is 39.8 Å². The molecular weight excluding hydrogens is 606 g/mol. The van der Waals surface area contributed by atoms with Crippen LogP contribution < -0.4 is 24.4 Å². The van der Waals surface area contributed by atoms with Gasteiger partial charge in [-0.3, -0.25) is 19.5 Å². The van der Waals surface area contributed by atoms with E-state index in [1.807, 2.05) is 54.6 Å². The largest absolute Gasteiger partial charge is 0.496 e. The molecule has 1 aliphatic heterocycles. The van der Waals surface area contributed by atoms with E-state index in [1.54, 1.807) is 49.8 Å². The van der Waals surface area contributed by atoms with Gasteiger partial charge in [0.25, 0.3) is 11.2 Å². The van der Waals surface area contributed by atoms with E-state index in [4.69, 9.17) is 19.2 Å². The molecule has 0 N–H and O–H groups in total. The number of carbonyl (C=O) groups is 1. The minimum absolute atomic E-state index is 0.000278. The molecule has 0 amide bonds. The third-order valence-electron chi connectivity index (χ3n) is 7.69. The average molecular weight is 636 g/mol. The first-order valence-electron chi connectivity index (χ1n) is 14.5. The fourth-order valence-electron chi connectivity index (χ4n) is 5.55. The normalized spacial score (nSPS) is 14.5. The molecule has 10 nitrogen and oxygen atoms in total. The predicted octanol–water partition coefficient (Wildman–Crippen LogP) is 5.45. The SMILES string of the molecule is CCOC(=O)C1=C(C)N=c2s/c(=C\c3ccccc3OCc3ccc([N+](=O)[O-])cc3)c(=O)n2[C@H]1c1c(OC)ccc2ccccc12. The van der Waals surface area contributed by atoms with Gasteiger partial charge in [0.05, 0.1) is 34.4 Å². The Bertz CT molecular complexity index is 2200. The number of non-ortho nitro benzene ring substituents is 1. The summed E-state index contributed by atoms with van der Waals surface area (Å²) >= 11 is 1.21. The van der Waals surface area contributed by atoms with Crippen LogP contribution in [0.4, 0.5) is 5.69 Å². The Labute approximate surface area is 267 Å². The molecule has 6 rings (SSSR count). The molecule has 0 saturated carbocycles. The van der Waals surface area contributed by atoms with Crippen LogP contribution in [0.3, 0.4) is 0 Å². The highest BCUT2D eigenvalue weighted by molar-refractivity contribution is 7.07. The minimum Gasteiger partial charge on any atom is -0.496 e. The van der Waals surface area contributed by atoms with Crippen LogP contribution in [0.2, 0.25) is 0 Å². The van der Waals surface area contributed by atoms with Gasteiger partial charge >= 0.3 is 5.97 Å². The molecule has 1 atom stereocenters. The van der Waals surface area contributed by atoms with Crippen LogP contribution in [-0.2, 0) is 16.1 Å². The van der Waals surface area contributed by atoms with Crippen molar-refractivity contribution < 1.29 is 23.9 Å². The van der Waals surface area contributed by atoms with Crippen LogP contribution in [0.1, 0.15) is 36.6 Å². The summed E-state index contributed by atoms with van der Waals surface area (Å²) in [6.45, 7) is 3.82. The highest BCUT2D eigenvalue weighted by atomic mass is 32.1. The van der Waals surface area contributed by atoms with Crippen LogP contribution in [0.25, 0.3) is 16.8 Å². The second-order valence-corrected chi connectivity index (χ2v) is 11.5. The highest BCUT2D eigenvalue weighted by Gasteiger charge is 2.36. The predicted molar refractivity (Wildman–Crippen MR) is 175 cm³/mol. The van der Waals surface area contributed by atoms with Crippen LogP contribution in [0.15, 0.2) is 106 Å². The van der Waals surface area contributed by atoms with E-state index >= 15 is 0 Å². The second-order valence-electron chi connectivity index (χ2n) is 10.5. The number of allylic oxidation sites excluding steroid dienone is 1. The molecule has 1 aliphatic rings. The van der Waals surface area contributed by atoms with Gasteiger partial charge in [0, 0.05) is 23.3 Å². The summed E-state index contributed by atoms with van der Waals surface area (Å²) in [5.74, 6) is 0.505. The average Bonchev–Trinajstić information content (AvgIpc) is 3.37. The summed E-state index contributed by atoms with van der Waals surface area (Å²) in [4.78, 5) is 43.5. The molecule has 46 heavy (non-hydrogen) atoms. The third-order valence-corrected chi connectivity index (χ3v) is 8.67. The lowest BCUT2D eigenvalue weighted by Crippen LogP contribution is -2.40. The molecule has 4 aromatic carbocycles. The van der Waals surface area contributed by atoms with Crippen LogP contribution in [0, 0.1) is 10.1 Å². The topological polar surface area (TPSA) is 122 Å². The lowest BCUT2D eigenvalue weighted by molar-refractivity contribution is -0.384. The van der Waals surface area contributed by atoms with Gasteiger partial charge in [-0.05, 0) is 60.5 Å². The molecule has 232 valence electrons. The first-order valence-corrected chi connectivity index (χ1v) is 15.3. The van der Waals surface area contributed by atoms with Crippen LogP contribution in [0.5, 0.6) is 11.5 Å². The van der Waals surface area contributed by atoms with E-state index in [9.17, 15) is 19.7 Å². The number of rotatable bonds is 9. The molecule has 5 aromatic rings. The molecule has 0 saturated heterocycles. The number of hydrogen-bond acceptors (Lipinski definition) is 9. The van der Waals surface area contributed by atoms with Gasteiger partial charge in [0.15, 0.2) is 4.80 Å². The zero-order chi connectivity index (χ0) is 32.4. The van der Waals surface area contributed by atoms with Gasteiger partial charge in [-0.2, -0.15) is 0 Å². The van der Waals surface area contributed by atoms with E-state index in [0.29, 0.717) is 37.7 Å². The Hall–Kier alpha value is -5.55. The molecule has 0 radical (unpaired) electrons. The number of para-hydroxylation sites is 1. The molecule has 0 fully saturated rings. The lowest BCUT2D eigenvalue weighted by Gasteiger charge is -2.27. The number of thiazole rings is 1. The van der Waals surface area contributed by atoms with Crippen molar-refractivity contribution in [1.82, 2.24) is 4.57 Å². The number of benzene rings is 4. The van der Waals surface area contributed by atoms with Gasteiger partial charge in [0.2, 0.25) is 0 Å². The highest BCUT2D eigenvalue weighted by Crippen LogP contribution is 2.40. The summed E-state index contributed by atoms with van der Waals surface area (Å²) in [6, 6.07) is 24.1. The standard InChI is InChI=1S/C35H29N3O7S/c1-4-44-34(40)30-21(2)36-35-37(32(30)31-26-11-7-5-9-23(26)15-18-28(31)43-3)33(39)29(46-35)19-24-10-6-8-12-27(24)45-20-22-13-16-25(17-14-22)38(41)42/h5-19,32H,4,20H2,1-3H3/b29-19-/t32-/m1/s1. The van der Waals surface area contributed by atoms with Crippen molar-refractivity contribution in [2.24, 2.45) is 4.99 Å². The van der Waals surface area contributed by atoms with Gasteiger partial charge in [-0.15, -0.1) is 0 Å². The maximum absolute atomic E-state index is 14.3. The molecule has 0 aliphatic carbocycles. The van der Waals surface area contributed by atoms with Crippen LogP contribution >= 0.6 is 11.3 Å². The lowest BCUT2D eigenvalue weighted by atomic mass is 9.90. The number of ether oxygens (including phenoxy) is 3. The molecule has 0 spiro atoms. The zero-order valence-electron chi connectivity index (χ0n) is 25.3. The van der Waals surface area contributed by atoms with Crippen molar-refractivity contribution in [3.63, 3.8) is 0 Å². The third kappa shape index (κ3) is 5.68. The number of methoxy groups -OCH3 is 1. The summed E-state index contributed by atoms with van der Waals surface area (Å²) in [5.41, 5.74) is 2.47. The van der Waals surface area contributed by atoms with Crippen molar-refractivity contribution in [3.05, 3.63) is 143 Å². The molecular formula is C35H29N3O7S. The Balaban J connectivity index is 1.48. The maximum Gasteiger partial charge on any atom is 0.338 e. The quantitative estimate of drug-likeness (QED) is 0.120.